The highest BCUT2D eigenvalue weighted by Gasteiger charge is 2.18. The number of fused-ring (bicyclic) bond motifs is 1. The summed E-state index contributed by atoms with van der Waals surface area (Å²) >= 11 is 1.35. The molecule has 4 N–H and O–H groups in total. The van der Waals surface area contributed by atoms with Crippen molar-refractivity contribution in [3.8, 4) is 0 Å². The number of azo groups is 1. The Labute approximate surface area is 181 Å². The van der Waals surface area contributed by atoms with Crippen molar-refractivity contribution in [2.75, 3.05) is 11.1 Å². The molecule has 1 amide bonds. The van der Waals surface area contributed by atoms with Crippen LogP contribution in [0.15, 0.2) is 87.2 Å². The molecule has 0 atom stereocenters. The van der Waals surface area contributed by atoms with Gasteiger partial charge in [-0.05, 0) is 41.8 Å². The van der Waals surface area contributed by atoms with E-state index < -0.39 is 10.1 Å². The third kappa shape index (κ3) is 4.45. The Balaban J connectivity index is 1.61. The number of anilines is 2. The van der Waals surface area contributed by atoms with Gasteiger partial charge in [-0.2, -0.15) is 13.5 Å². The lowest BCUT2D eigenvalue weighted by atomic mass is 10.1. The second kappa shape index (κ2) is 8.26. The number of carbonyl (C=O) groups excluding carboxylic acids is 1. The molecule has 0 saturated heterocycles. The minimum atomic E-state index is -4.48. The number of nitrogens with zero attached hydrogens (tertiary/aromatic N) is 2. The highest BCUT2D eigenvalue weighted by Crippen LogP contribution is 2.36. The molecule has 31 heavy (non-hydrogen) atoms. The van der Waals surface area contributed by atoms with E-state index in [4.69, 9.17) is 5.73 Å². The molecule has 8 nitrogen and oxygen atoms in total. The number of nitrogens with one attached hydrogen (secondary N) is 1. The molecule has 0 aliphatic carbocycles. The Morgan fingerprint density at radius 3 is 2.32 bits per heavy atom. The van der Waals surface area contributed by atoms with Gasteiger partial charge < -0.3 is 11.1 Å². The zero-order chi connectivity index (χ0) is 22.0. The molecule has 3 aromatic carbocycles. The Morgan fingerprint density at radius 2 is 1.68 bits per heavy atom. The second-order valence-electron chi connectivity index (χ2n) is 6.51. The molecular formula is C21H16N4O4S2. The fourth-order valence-electron chi connectivity index (χ4n) is 2.97. The van der Waals surface area contributed by atoms with E-state index in [0.717, 1.165) is 0 Å². The monoisotopic (exact) mass is 452 g/mol. The van der Waals surface area contributed by atoms with Crippen molar-refractivity contribution in [1.82, 2.24) is 0 Å². The molecule has 10 heteroatoms. The Bertz CT molecular complexity index is 1400. The number of hydrogen-bond donors (Lipinski definition) is 3. The van der Waals surface area contributed by atoms with Crippen LogP contribution in [0.4, 0.5) is 22.7 Å². The molecule has 156 valence electrons. The first-order valence-electron chi connectivity index (χ1n) is 8.98. The van der Waals surface area contributed by atoms with Gasteiger partial charge in [-0.25, -0.2) is 0 Å². The van der Waals surface area contributed by atoms with E-state index in [-0.39, 0.29) is 22.2 Å². The number of thiophene rings is 1. The Hall–Kier alpha value is -3.60. The molecule has 0 spiro atoms. The van der Waals surface area contributed by atoms with Gasteiger partial charge in [-0.3, -0.25) is 9.35 Å². The lowest BCUT2D eigenvalue weighted by Gasteiger charge is -2.09. The van der Waals surface area contributed by atoms with E-state index >= 15 is 0 Å². The van der Waals surface area contributed by atoms with Crippen LogP contribution in [-0.2, 0) is 10.1 Å². The van der Waals surface area contributed by atoms with Crippen LogP contribution in [0.2, 0.25) is 0 Å². The van der Waals surface area contributed by atoms with Crippen molar-refractivity contribution in [1.29, 1.82) is 0 Å². The molecule has 0 bridgehead atoms. The molecule has 0 saturated carbocycles. The zero-order valence-electron chi connectivity index (χ0n) is 15.9. The van der Waals surface area contributed by atoms with Crippen LogP contribution in [0.3, 0.4) is 0 Å². The average molecular weight is 453 g/mol. The highest BCUT2D eigenvalue weighted by atomic mass is 32.2. The number of nitrogen functional groups attached to an aromatic ring is 1. The summed E-state index contributed by atoms with van der Waals surface area (Å²) in [5.41, 5.74) is 7.56. The minimum absolute atomic E-state index is 0.112. The topological polar surface area (TPSA) is 134 Å². The average Bonchev–Trinajstić information content (AvgIpc) is 3.29. The molecule has 1 aromatic heterocycles. The van der Waals surface area contributed by atoms with Gasteiger partial charge >= 0.3 is 0 Å². The largest absolute Gasteiger partial charge is 0.396 e. The van der Waals surface area contributed by atoms with Gasteiger partial charge in [0.05, 0.1) is 16.3 Å². The van der Waals surface area contributed by atoms with E-state index in [2.05, 4.69) is 15.5 Å². The first-order valence-corrected chi connectivity index (χ1v) is 11.3. The van der Waals surface area contributed by atoms with E-state index in [1.54, 1.807) is 60.7 Å². The van der Waals surface area contributed by atoms with Crippen molar-refractivity contribution in [3.05, 3.63) is 77.0 Å². The maximum absolute atomic E-state index is 12.1. The molecule has 4 rings (SSSR count). The molecule has 4 aromatic rings. The van der Waals surface area contributed by atoms with E-state index in [1.165, 1.54) is 17.4 Å². The third-order valence-corrected chi connectivity index (χ3v) is 6.21. The second-order valence-corrected chi connectivity index (χ2v) is 8.84. The maximum Gasteiger partial charge on any atom is 0.295 e. The van der Waals surface area contributed by atoms with E-state index in [9.17, 15) is 17.8 Å². The molecule has 1 heterocycles. The van der Waals surface area contributed by atoms with Crippen molar-refractivity contribution in [3.63, 3.8) is 0 Å². The quantitative estimate of drug-likeness (QED) is 0.212. The fourth-order valence-corrected chi connectivity index (χ4v) is 4.31. The van der Waals surface area contributed by atoms with Crippen LogP contribution in [0.5, 0.6) is 0 Å². The summed E-state index contributed by atoms with van der Waals surface area (Å²) in [5.74, 6) is -0.203. The van der Waals surface area contributed by atoms with E-state index in [1.807, 2.05) is 5.38 Å². The van der Waals surface area contributed by atoms with Gasteiger partial charge in [-0.15, -0.1) is 16.5 Å². The third-order valence-electron chi connectivity index (χ3n) is 4.45. The van der Waals surface area contributed by atoms with Crippen LogP contribution in [0, 0.1) is 0 Å². The summed E-state index contributed by atoms with van der Waals surface area (Å²) in [7, 11) is -4.48. The number of carbonyl (C=O) groups is 1. The molecule has 0 unspecified atom stereocenters. The normalized spacial score (nSPS) is 11.8. The van der Waals surface area contributed by atoms with Crippen molar-refractivity contribution < 1.29 is 17.8 Å². The first kappa shape index (κ1) is 20.7. The zero-order valence-corrected chi connectivity index (χ0v) is 17.5. The smallest absolute Gasteiger partial charge is 0.295 e. The molecule has 0 aliphatic rings. The molecule has 0 fully saturated rings. The number of nitrogens with two attached hydrogens (primary N) is 1. The van der Waals surface area contributed by atoms with Gasteiger partial charge in [0.25, 0.3) is 16.0 Å². The maximum atomic E-state index is 12.1. The molecular weight excluding hydrogens is 436 g/mol. The van der Waals surface area contributed by atoms with Gasteiger partial charge in [0.1, 0.15) is 10.6 Å². The summed E-state index contributed by atoms with van der Waals surface area (Å²) in [6.07, 6.45) is 0. The summed E-state index contributed by atoms with van der Waals surface area (Å²) in [5, 5.41) is 13.5. The summed E-state index contributed by atoms with van der Waals surface area (Å²) in [6, 6.07) is 17.9. The summed E-state index contributed by atoms with van der Waals surface area (Å²) in [4.78, 5) is 12.4. The first-order chi connectivity index (χ1) is 14.8. The number of benzene rings is 3. The Kier molecular flexibility index (Phi) is 5.51. The van der Waals surface area contributed by atoms with Crippen LogP contribution < -0.4 is 11.1 Å². The highest BCUT2D eigenvalue weighted by molar-refractivity contribution is 7.86. The van der Waals surface area contributed by atoms with Crippen molar-refractivity contribution in [2.45, 2.75) is 4.90 Å². The fraction of sp³-hybridized carbons (Fsp3) is 0. The van der Waals surface area contributed by atoms with Gasteiger partial charge in [0, 0.05) is 16.5 Å². The summed E-state index contributed by atoms with van der Waals surface area (Å²) < 4.78 is 33.2. The predicted molar refractivity (Wildman–Crippen MR) is 121 cm³/mol. The van der Waals surface area contributed by atoms with E-state index in [0.29, 0.717) is 27.0 Å². The van der Waals surface area contributed by atoms with Gasteiger partial charge in [-0.1, -0.05) is 30.3 Å². The van der Waals surface area contributed by atoms with Crippen LogP contribution in [0.1, 0.15) is 9.67 Å². The predicted octanol–water partition coefficient (Wildman–Crippen LogP) is 5.40. The molecule has 0 aliphatic heterocycles. The molecule has 0 radical (unpaired) electrons. The lowest BCUT2D eigenvalue weighted by Crippen LogP contribution is -2.09. The standard InChI is InChI=1S/C21H16N4O4S2/c22-20-16-5-2-1-4-15(16)19(31(27,28)29)12-17(20)25-24-14-9-7-13(8-10-14)23-21(26)18-6-3-11-30-18/h1-12H,22H2,(H,23,26)(H,27,28,29)/b25-24+. The van der Waals surface area contributed by atoms with Crippen LogP contribution in [0.25, 0.3) is 10.8 Å². The summed E-state index contributed by atoms with van der Waals surface area (Å²) in [6.45, 7) is 0. The van der Waals surface area contributed by atoms with Crippen LogP contribution in [-0.4, -0.2) is 18.9 Å². The van der Waals surface area contributed by atoms with Gasteiger partial charge in [0.2, 0.25) is 0 Å². The number of amides is 1. The Morgan fingerprint density at radius 1 is 0.968 bits per heavy atom. The number of hydrogen-bond acceptors (Lipinski definition) is 7. The minimum Gasteiger partial charge on any atom is -0.396 e. The van der Waals surface area contributed by atoms with Gasteiger partial charge in [0.15, 0.2) is 0 Å². The van der Waals surface area contributed by atoms with Crippen LogP contribution >= 0.6 is 11.3 Å². The lowest BCUT2D eigenvalue weighted by molar-refractivity contribution is 0.103. The van der Waals surface area contributed by atoms with Crippen molar-refractivity contribution in [2.24, 2.45) is 10.2 Å². The SMILES string of the molecule is Nc1c(/N=N/c2ccc(NC(=O)c3cccs3)cc2)cc(S(=O)(=O)O)c2ccccc12. The van der Waals surface area contributed by atoms with Crippen molar-refractivity contribution >= 4 is 60.9 Å². The number of rotatable bonds is 5.